The highest BCUT2D eigenvalue weighted by Gasteiger charge is 2.25. The molecule has 24 heavy (non-hydrogen) atoms. The zero-order valence-corrected chi connectivity index (χ0v) is 14.2. The Morgan fingerprint density at radius 2 is 2.12 bits per heavy atom. The Balaban J connectivity index is 1.64. The molecule has 0 radical (unpaired) electrons. The summed E-state index contributed by atoms with van der Waals surface area (Å²) in [6.45, 7) is 4.27. The lowest BCUT2D eigenvalue weighted by molar-refractivity contribution is -0.119. The van der Waals surface area contributed by atoms with Gasteiger partial charge in [-0.2, -0.15) is 0 Å². The van der Waals surface area contributed by atoms with Crippen LogP contribution in [0.15, 0.2) is 48.7 Å². The predicted octanol–water partition coefficient (Wildman–Crippen LogP) is 3.10. The summed E-state index contributed by atoms with van der Waals surface area (Å²) in [7, 11) is 0. The fourth-order valence-corrected chi connectivity index (χ4v) is 3.40. The largest absolute Gasteiger partial charge is 0.351 e. The maximum atomic E-state index is 11.1. The second-order valence-electron chi connectivity index (χ2n) is 6.42. The predicted molar refractivity (Wildman–Crippen MR) is 95.5 cm³/mol. The fourth-order valence-electron chi connectivity index (χ4n) is 3.40. The lowest BCUT2D eigenvalue weighted by Gasteiger charge is -2.25. The van der Waals surface area contributed by atoms with Gasteiger partial charge in [0.05, 0.1) is 12.2 Å². The second kappa shape index (κ2) is 8.06. The minimum absolute atomic E-state index is 0.0208. The molecule has 0 saturated carbocycles. The van der Waals surface area contributed by atoms with E-state index < -0.39 is 0 Å². The third kappa shape index (κ3) is 4.42. The van der Waals surface area contributed by atoms with Crippen molar-refractivity contribution in [3.8, 4) is 0 Å². The summed E-state index contributed by atoms with van der Waals surface area (Å²) in [4.78, 5) is 18.0. The first-order valence-electron chi connectivity index (χ1n) is 8.69. The summed E-state index contributed by atoms with van der Waals surface area (Å²) < 4.78 is 0. The van der Waals surface area contributed by atoms with Crippen LogP contribution in [0.5, 0.6) is 0 Å². The molecular weight excluding hydrogens is 298 g/mol. The first-order valence-corrected chi connectivity index (χ1v) is 8.69. The summed E-state index contributed by atoms with van der Waals surface area (Å²) in [6, 6.07) is 15.4. The molecule has 0 aliphatic carbocycles. The van der Waals surface area contributed by atoms with Gasteiger partial charge in [-0.1, -0.05) is 30.3 Å². The van der Waals surface area contributed by atoms with E-state index in [0.717, 1.165) is 25.2 Å². The van der Waals surface area contributed by atoms with E-state index in [4.69, 9.17) is 0 Å². The molecule has 1 amide bonds. The average molecular weight is 323 g/mol. The van der Waals surface area contributed by atoms with Crippen LogP contribution in [0.3, 0.4) is 0 Å². The van der Waals surface area contributed by atoms with Crippen LogP contribution in [0.25, 0.3) is 0 Å². The third-order valence-corrected chi connectivity index (χ3v) is 4.64. The highest BCUT2D eigenvalue weighted by molar-refractivity contribution is 5.72. The number of hydrogen-bond donors (Lipinski definition) is 1. The summed E-state index contributed by atoms with van der Waals surface area (Å²) in [5.74, 6) is -0.0208. The molecule has 1 aliphatic rings. The SMILES string of the molecule is CC(=O)NCc1cc(C2CCCN2CCc2ccccc2)ccn1. The summed E-state index contributed by atoms with van der Waals surface area (Å²) >= 11 is 0. The van der Waals surface area contributed by atoms with Gasteiger partial charge in [-0.05, 0) is 49.1 Å². The van der Waals surface area contributed by atoms with Gasteiger partial charge >= 0.3 is 0 Å². The molecule has 4 nitrogen and oxygen atoms in total. The van der Waals surface area contributed by atoms with Crippen molar-refractivity contribution in [2.45, 2.75) is 38.8 Å². The lowest BCUT2D eigenvalue weighted by Crippen LogP contribution is -2.26. The molecule has 1 N–H and O–H groups in total. The zero-order chi connectivity index (χ0) is 16.8. The maximum absolute atomic E-state index is 11.1. The average Bonchev–Trinajstić information content (AvgIpc) is 3.08. The van der Waals surface area contributed by atoms with Crippen LogP contribution < -0.4 is 5.32 Å². The summed E-state index contributed by atoms with van der Waals surface area (Å²) in [5.41, 5.74) is 3.64. The van der Waals surface area contributed by atoms with Gasteiger partial charge in [0.15, 0.2) is 0 Å². The number of nitrogens with one attached hydrogen (secondary N) is 1. The third-order valence-electron chi connectivity index (χ3n) is 4.64. The van der Waals surface area contributed by atoms with Crippen LogP contribution in [0, 0.1) is 0 Å². The molecule has 2 aromatic rings. The standard InChI is InChI=1S/C20H25N3O/c1-16(24)22-15-19-14-18(9-11-21-19)20-8-5-12-23(20)13-10-17-6-3-2-4-7-17/h2-4,6-7,9,11,14,20H,5,8,10,12-13,15H2,1H3,(H,22,24). The quantitative estimate of drug-likeness (QED) is 0.888. The van der Waals surface area contributed by atoms with Gasteiger partial charge in [-0.25, -0.2) is 0 Å². The maximum Gasteiger partial charge on any atom is 0.217 e. The Labute approximate surface area is 143 Å². The Morgan fingerprint density at radius 1 is 1.29 bits per heavy atom. The van der Waals surface area contributed by atoms with E-state index in [2.05, 4.69) is 57.7 Å². The Hall–Kier alpha value is -2.20. The molecule has 1 aromatic heterocycles. The van der Waals surface area contributed by atoms with Crippen LogP contribution >= 0.6 is 0 Å². The van der Waals surface area contributed by atoms with Crippen molar-refractivity contribution >= 4 is 5.91 Å². The second-order valence-corrected chi connectivity index (χ2v) is 6.42. The molecule has 2 heterocycles. The molecular formula is C20H25N3O. The van der Waals surface area contributed by atoms with E-state index in [0.29, 0.717) is 12.6 Å². The Kier molecular flexibility index (Phi) is 5.59. The van der Waals surface area contributed by atoms with Gasteiger partial charge < -0.3 is 5.32 Å². The highest BCUT2D eigenvalue weighted by Crippen LogP contribution is 2.31. The highest BCUT2D eigenvalue weighted by atomic mass is 16.1. The number of carbonyl (C=O) groups is 1. The van der Waals surface area contributed by atoms with Crippen molar-refractivity contribution < 1.29 is 4.79 Å². The molecule has 3 rings (SSSR count). The van der Waals surface area contributed by atoms with Crippen LogP contribution in [0.2, 0.25) is 0 Å². The van der Waals surface area contributed by atoms with Gasteiger partial charge in [-0.15, -0.1) is 0 Å². The Morgan fingerprint density at radius 3 is 2.92 bits per heavy atom. The molecule has 1 aliphatic heterocycles. The lowest BCUT2D eigenvalue weighted by atomic mass is 10.0. The van der Waals surface area contributed by atoms with Gasteiger partial charge in [0.1, 0.15) is 0 Å². The molecule has 0 spiro atoms. The monoisotopic (exact) mass is 323 g/mol. The number of hydrogen-bond acceptors (Lipinski definition) is 3. The van der Waals surface area contributed by atoms with Crippen LogP contribution in [0.1, 0.15) is 42.6 Å². The zero-order valence-electron chi connectivity index (χ0n) is 14.2. The van der Waals surface area contributed by atoms with Gasteiger partial charge in [-0.3, -0.25) is 14.7 Å². The molecule has 1 unspecified atom stereocenters. The van der Waals surface area contributed by atoms with E-state index >= 15 is 0 Å². The van der Waals surface area contributed by atoms with Gasteiger partial charge in [0.25, 0.3) is 0 Å². The van der Waals surface area contributed by atoms with Crippen LogP contribution in [0.4, 0.5) is 0 Å². The normalized spacial score (nSPS) is 17.8. The van der Waals surface area contributed by atoms with Gasteiger partial charge in [0.2, 0.25) is 5.91 Å². The number of aromatic nitrogens is 1. The van der Waals surface area contributed by atoms with Crippen molar-refractivity contribution in [3.63, 3.8) is 0 Å². The molecule has 1 aromatic carbocycles. The number of likely N-dealkylation sites (tertiary alicyclic amines) is 1. The summed E-state index contributed by atoms with van der Waals surface area (Å²) in [6.07, 6.45) is 5.38. The molecule has 4 heteroatoms. The number of nitrogens with zero attached hydrogens (tertiary/aromatic N) is 2. The van der Waals surface area contributed by atoms with Crippen LogP contribution in [-0.2, 0) is 17.8 Å². The number of benzene rings is 1. The number of pyridine rings is 1. The van der Waals surface area contributed by atoms with E-state index in [-0.39, 0.29) is 5.91 Å². The van der Waals surface area contributed by atoms with E-state index in [1.165, 1.54) is 30.9 Å². The van der Waals surface area contributed by atoms with E-state index in [1.54, 1.807) is 0 Å². The molecule has 1 saturated heterocycles. The van der Waals surface area contributed by atoms with Crippen molar-refractivity contribution in [1.82, 2.24) is 15.2 Å². The van der Waals surface area contributed by atoms with Crippen molar-refractivity contribution in [2.24, 2.45) is 0 Å². The molecule has 1 atom stereocenters. The van der Waals surface area contributed by atoms with Crippen molar-refractivity contribution in [3.05, 3.63) is 65.5 Å². The topological polar surface area (TPSA) is 45.2 Å². The van der Waals surface area contributed by atoms with E-state index in [1.807, 2.05) is 6.20 Å². The molecule has 126 valence electrons. The first-order chi connectivity index (χ1) is 11.7. The van der Waals surface area contributed by atoms with E-state index in [9.17, 15) is 4.79 Å². The van der Waals surface area contributed by atoms with Gasteiger partial charge in [0, 0.05) is 25.7 Å². The molecule has 1 fully saturated rings. The number of rotatable bonds is 6. The van der Waals surface area contributed by atoms with Crippen LogP contribution in [-0.4, -0.2) is 28.9 Å². The fraction of sp³-hybridized carbons (Fsp3) is 0.400. The van der Waals surface area contributed by atoms with Crippen molar-refractivity contribution in [2.75, 3.05) is 13.1 Å². The smallest absolute Gasteiger partial charge is 0.217 e. The number of amides is 1. The van der Waals surface area contributed by atoms with Crippen molar-refractivity contribution in [1.29, 1.82) is 0 Å². The minimum Gasteiger partial charge on any atom is -0.351 e. The minimum atomic E-state index is -0.0208. The summed E-state index contributed by atoms with van der Waals surface area (Å²) in [5, 5.41) is 2.82. The Bertz CT molecular complexity index is 672. The number of carbonyl (C=O) groups excluding carboxylic acids is 1. The first kappa shape index (κ1) is 16.7. The molecule has 0 bridgehead atoms.